The Morgan fingerprint density at radius 2 is 1.93 bits per heavy atom. The van der Waals surface area contributed by atoms with Crippen LogP contribution in [0.15, 0.2) is 24.3 Å². The number of aromatic nitrogens is 3. The van der Waals surface area contributed by atoms with Gasteiger partial charge in [0.1, 0.15) is 5.75 Å². The van der Waals surface area contributed by atoms with E-state index in [1.54, 1.807) is 16.4 Å². The molecule has 0 spiro atoms. The van der Waals surface area contributed by atoms with Gasteiger partial charge in [0.2, 0.25) is 5.95 Å². The van der Waals surface area contributed by atoms with Crippen LogP contribution in [0.3, 0.4) is 0 Å². The van der Waals surface area contributed by atoms with Crippen LogP contribution < -0.4 is 10.1 Å². The van der Waals surface area contributed by atoms with Crippen LogP contribution >= 0.6 is 11.8 Å². The van der Waals surface area contributed by atoms with Crippen molar-refractivity contribution in [3.8, 4) is 5.75 Å². The Morgan fingerprint density at radius 3 is 2.67 bits per heavy atom. The molecule has 0 saturated carbocycles. The van der Waals surface area contributed by atoms with Crippen molar-refractivity contribution in [2.24, 2.45) is 7.05 Å². The summed E-state index contributed by atoms with van der Waals surface area (Å²) in [6.07, 6.45) is 7.03. The van der Waals surface area contributed by atoms with Gasteiger partial charge in [-0.25, -0.2) is 4.68 Å². The Labute approximate surface area is 166 Å². The Kier molecular flexibility index (Phi) is 7.83. The van der Waals surface area contributed by atoms with Crippen molar-refractivity contribution in [3.05, 3.63) is 35.7 Å². The minimum absolute atomic E-state index is 0.688. The Morgan fingerprint density at radius 1 is 1.15 bits per heavy atom. The summed E-state index contributed by atoms with van der Waals surface area (Å²) >= 11 is 1.73. The second kappa shape index (κ2) is 10.6. The van der Waals surface area contributed by atoms with Gasteiger partial charge in [0, 0.05) is 20.1 Å². The third-order valence-electron chi connectivity index (χ3n) is 4.73. The van der Waals surface area contributed by atoms with Crippen molar-refractivity contribution in [1.29, 1.82) is 0 Å². The lowest BCUT2D eigenvalue weighted by molar-refractivity contribution is 0.221. The van der Waals surface area contributed by atoms with Crippen LogP contribution in [0.5, 0.6) is 5.75 Å². The number of piperidine rings is 1. The normalized spacial score (nSPS) is 15.0. The van der Waals surface area contributed by atoms with Gasteiger partial charge in [-0.2, -0.15) is 21.8 Å². The molecule has 0 bridgehead atoms. The van der Waals surface area contributed by atoms with E-state index in [4.69, 9.17) is 4.74 Å². The number of thioether (sulfide) groups is 1. The fourth-order valence-electron chi connectivity index (χ4n) is 3.31. The van der Waals surface area contributed by atoms with Gasteiger partial charge in [-0.05, 0) is 56.3 Å². The Hall–Kier alpha value is -1.73. The third-order valence-corrected chi connectivity index (χ3v) is 5.28. The molecule has 1 aromatic carbocycles. The van der Waals surface area contributed by atoms with Gasteiger partial charge in [0.05, 0.1) is 12.4 Å². The van der Waals surface area contributed by atoms with E-state index >= 15 is 0 Å². The number of hydrogen-bond acceptors (Lipinski definition) is 6. The lowest BCUT2D eigenvalue weighted by atomic mass is 10.1. The summed E-state index contributed by atoms with van der Waals surface area (Å²) in [5.41, 5.74) is 1.37. The molecule has 148 valence electrons. The summed E-state index contributed by atoms with van der Waals surface area (Å²) in [6, 6.07) is 8.55. The van der Waals surface area contributed by atoms with Gasteiger partial charge in [-0.3, -0.25) is 4.90 Å². The Bertz CT molecular complexity index is 682. The SMILES string of the molecule is CSCc1nc(NCCCOc2ccc(CN3CCCCC3)cc2)n(C)n1. The quantitative estimate of drug-likeness (QED) is 0.627. The average molecular weight is 390 g/mol. The molecular formula is C20H31N5OS. The second-order valence-corrected chi connectivity index (χ2v) is 7.88. The molecule has 1 saturated heterocycles. The van der Waals surface area contributed by atoms with E-state index in [9.17, 15) is 0 Å². The van der Waals surface area contributed by atoms with E-state index in [1.807, 2.05) is 7.05 Å². The number of likely N-dealkylation sites (tertiary alicyclic amines) is 1. The van der Waals surface area contributed by atoms with Crippen LogP contribution in [0, 0.1) is 0 Å². The van der Waals surface area contributed by atoms with E-state index < -0.39 is 0 Å². The first-order chi connectivity index (χ1) is 13.2. The molecule has 2 aromatic rings. The van der Waals surface area contributed by atoms with Crippen molar-refractivity contribution in [3.63, 3.8) is 0 Å². The number of benzene rings is 1. The summed E-state index contributed by atoms with van der Waals surface area (Å²) in [6.45, 7) is 5.03. The van der Waals surface area contributed by atoms with Crippen molar-refractivity contribution in [1.82, 2.24) is 19.7 Å². The summed E-state index contributed by atoms with van der Waals surface area (Å²) in [4.78, 5) is 7.03. The molecule has 1 fully saturated rings. The summed E-state index contributed by atoms with van der Waals surface area (Å²) in [7, 11) is 1.92. The number of anilines is 1. The minimum atomic E-state index is 0.688. The molecule has 0 unspecified atom stereocenters. The lowest BCUT2D eigenvalue weighted by Crippen LogP contribution is -2.28. The van der Waals surface area contributed by atoms with E-state index in [2.05, 4.69) is 50.8 Å². The number of hydrogen-bond donors (Lipinski definition) is 1. The van der Waals surface area contributed by atoms with Crippen molar-refractivity contribution < 1.29 is 4.74 Å². The molecule has 0 amide bonds. The highest BCUT2D eigenvalue weighted by Crippen LogP contribution is 2.16. The van der Waals surface area contributed by atoms with Gasteiger partial charge in [-0.15, -0.1) is 0 Å². The van der Waals surface area contributed by atoms with Crippen molar-refractivity contribution >= 4 is 17.7 Å². The van der Waals surface area contributed by atoms with Crippen LogP contribution in [-0.2, 0) is 19.3 Å². The van der Waals surface area contributed by atoms with Crippen LogP contribution in [0.4, 0.5) is 5.95 Å². The zero-order valence-electron chi connectivity index (χ0n) is 16.5. The smallest absolute Gasteiger partial charge is 0.221 e. The van der Waals surface area contributed by atoms with Gasteiger partial charge < -0.3 is 10.1 Å². The maximum absolute atomic E-state index is 5.86. The molecule has 0 radical (unpaired) electrons. The van der Waals surface area contributed by atoms with Gasteiger partial charge in [0.25, 0.3) is 0 Å². The lowest BCUT2D eigenvalue weighted by Gasteiger charge is -2.26. The zero-order valence-corrected chi connectivity index (χ0v) is 17.3. The first kappa shape index (κ1) is 20.0. The van der Waals surface area contributed by atoms with Gasteiger partial charge >= 0.3 is 0 Å². The first-order valence-corrected chi connectivity index (χ1v) is 11.2. The van der Waals surface area contributed by atoms with Gasteiger partial charge in [0.15, 0.2) is 5.82 Å². The molecular weight excluding hydrogens is 358 g/mol. The van der Waals surface area contributed by atoms with Crippen LogP contribution in [0.25, 0.3) is 0 Å². The van der Waals surface area contributed by atoms with Crippen molar-refractivity contribution in [2.75, 3.05) is 37.8 Å². The van der Waals surface area contributed by atoms with E-state index in [-0.39, 0.29) is 0 Å². The molecule has 1 aliphatic heterocycles. The summed E-state index contributed by atoms with van der Waals surface area (Å²) < 4.78 is 7.66. The van der Waals surface area contributed by atoms with E-state index in [0.29, 0.717) is 6.61 Å². The number of nitrogens with one attached hydrogen (secondary N) is 1. The molecule has 7 heteroatoms. The molecule has 0 atom stereocenters. The molecule has 0 aliphatic carbocycles. The summed E-state index contributed by atoms with van der Waals surface area (Å²) in [5, 5.41) is 7.71. The minimum Gasteiger partial charge on any atom is -0.494 e. The largest absolute Gasteiger partial charge is 0.494 e. The summed E-state index contributed by atoms with van der Waals surface area (Å²) in [5.74, 6) is 3.47. The van der Waals surface area contributed by atoms with Crippen LogP contribution in [-0.4, -0.2) is 52.2 Å². The van der Waals surface area contributed by atoms with Crippen LogP contribution in [0.1, 0.15) is 37.1 Å². The number of nitrogens with zero attached hydrogens (tertiary/aromatic N) is 4. The average Bonchev–Trinajstić information content (AvgIpc) is 3.03. The second-order valence-electron chi connectivity index (χ2n) is 7.02. The van der Waals surface area contributed by atoms with E-state index in [1.165, 1.54) is 37.9 Å². The fourth-order valence-corrected chi connectivity index (χ4v) is 3.69. The molecule has 6 nitrogen and oxygen atoms in total. The van der Waals surface area contributed by atoms with Crippen LogP contribution in [0.2, 0.25) is 0 Å². The molecule has 2 heterocycles. The highest BCUT2D eigenvalue weighted by molar-refractivity contribution is 7.97. The van der Waals surface area contributed by atoms with Gasteiger partial charge in [-0.1, -0.05) is 18.6 Å². The molecule has 1 N–H and O–H groups in total. The fraction of sp³-hybridized carbons (Fsp3) is 0.600. The standard InChI is InChI=1S/C20H31N5OS/c1-24-20(22-19(23-24)16-27-2)21-11-6-14-26-18-9-7-17(8-10-18)15-25-12-4-3-5-13-25/h7-10H,3-6,11-16H2,1-2H3,(H,21,22,23). The molecule has 1 aliphatic rings. The predicted octanol–water partition coefficient (Wildman–Crippen LogP) is 3.55. The highest BCUT2D eigenvalue weighted by atomic mass is 32.2. The molecule has 3 rings (SSSR count). The zero-order chi connectivity index (χ0) is 18.9. The van der Waals surface area contributed by atoms with Crippen molar-refractivity contribution in [2.45, 2.75) is 38.0 Å². The maximum Gasteiger partial charge on any atom is 0.221 e. The Balaban J connectivity index is 1.34. The number of rotatable bonds is 10. The third kappa shape index (κ3) is 6.43. The predicted molar refractivity (Wildman–Crippen MR) is 112 cm³/mol. The monoisotopic (exact) mass is 389 g/mol. The first-order valence-electron chi connectivity index (χ1n) is 9.81. The number of ether oxygens (including phenoxy) is 1. The van der Waals surface area contributed by atoms with E-state index in [0.717, 1.165) is 42.8 Å². The number of aryl methyl sites for hydroxylation is 1. The highest BCUT2D eigenvalue weighted by Gasteiger charge is 2.10. The molecule has 1 aromatic heterocycles. The topological polar surface area (TPSA) is 55.2 Å². The maximum atomic E-state index is 5.86. The molecule has 27 heavy (non-hydrogen) atoms.